The minimum atomic E-state index is -1.22. The normalized spacial score (nSPS) is 16.6. The number of likely N-dealkylation sites (N-methyl/N-ethyl adjacent to an activating group) is 1. The molecule has 2 amide bonds. The van der Waals surface area contributed by atoms with Gasteiger partial charge in [0.05, 0.1) is 18.3 Å². The highest BCUT2D eigenvalue weighted by Gasteiger charge is 2.38. The van der Waals surface area contributed by atoms with Crippen LogP contribution < -0.4 is 16.0 Å². The summed E-state index contributed by atoms with van der Waals surface area (Å²) in [7, 11) is 3.76. The van der Waals surface area contributed by atoms with Crippen molar-refractivity contribution in [1.29, 1.82) is 0 Å². The Hall–Kier alpha value is -4.04. The number of unbranched alkanes of at least 4 members (excludes halogenated alkanes) is 1. The van der Waals surface area contributed by atoms with Crippen LogP contribution in [0.3, 0.4) is 0 Å². The molecule has 9 nitrogen and oxygen atoms in total. The number of nitrogens with zero attached hydrogens (tertiary/aromatic N) is 4. The van der Waals surface area contributed by atoms with Crippen molar-refractivity contribution in [2.24, 2.45) is 0 Å². The Morgan fingerprint density at radius 3 is 2.85 bits per heavy atom. The zero-order valence-corrected chi connectivity index (χ0v) is 23.2. The summed E-state index contributed by atoms with van der Waals surface area (Å²) in [5, 5.41) is 9.03. The fraction of sp³-hybridized carbons (Fsp3) is 0.448. The van der Waals surface area contributed by atoms with Crippen molar-refractivity contribution in [3.8, 4) is 11.8 Å². The Bertz CT molecular complexity index is 1240. The predicted molar refractivity (Wildman–Crippen MR) is 152 cm³/mol. The zero-order chi connectivity index (χ0) is 28.9. The van der Waals surface area contributed by atoms with E-state index in [0.29, 0.717) is 55.5 Å². The van der Waals surface area contributed by atoms with Gasteiger partial charge in [-0.2, -0.15) is 4.98 Å². The molecule has 40 heavy (non-hydrogen) atoms. The lowest BCUT2D eigenvalue weighted by molar-refractivity contribution is -0.135. The lowest BCUT2D eigenvalue weighted by Gasteiger charge is -2.22. The molecular weight excluding hydrogens is 516 g/mol. The van der Waals surface area contributed by atoms with Crippen LogP contribution in [0.15, 0.2) is 42.6 Å². The van der Waals surface area contributed by atoms with E-state index < -0.39 is 12.2 Å². The maximum absolute atomic E-state index is 14.0. The number of rotatable bonds is 12. The van der Waals surface area contributed by atoms with Crippen LogP contribution in [0.4, 0.5) is 26.2 Å². The number of aromatic nitrogens is 2. The van der Waals surface area contributed by atoms with E-state index in [2.05, 4.69) is 37.8 Å². The van der Waals surface area contributed by atoms with Gasteiger partial charge in [-0.1, -0.05) is 30.9 Å². The number of likely N-dealkylation sites (tertiary alicyclic amines) is 1. The van der Waals surface area contributed by atoms with Crippen LogP contribution in [0.25, 0.3) is 0 Å². The van der Waals surface area contributed by atoms with Gasteiger partial charge >= 0.3 is 0 Å². The lowest BCUT2D eigenvalue weighted by Crippen LogP contribution is -2.45. The third-order valence-electron chi connectivity index (χ3n) is 5.98. The minimum absolute atomic E-state index is 0.00347. The van der Waals surface area contributed by atoms with Crippen LogP contribution in [-0.4, -0.2) is 84.1 Å². The molecule has 3 N–H and O–H groups in total. The molecule has 11 heteroatoms. The highest BCUT2D eigenvalue weighted by Crippen LogP contribution is 2.21. The monoisotopic (exact) mass is 553 g/mol. The van der Waals surface area contributed by atoms with Gasteiger partial charge in [-0.15, -0.1) is 0 Å². The van der Waals surface area contributed by atoms with Crippen molar-refractivity contribution in [3.63, 3.8) is 0 Å². The minimum Gasteiger partial charge on any atom is -0.369 e. The predicted octanol–water partition coefficient (Wildman–Crippen LogP) is 3.49. The first-order valence-corrected chi connectivity index (χ1v) is 13.4. The second-order valence-corrected chi connectivity index (χ2v) is 9.72. The van der Waals surface area contributed by atoms with Gasteiger partial charge in [-0.05, 0) is 45.1 Å². The van der Waals surface area contributed by atoms with Crippen molar-refractivity contribution in [2.75, 3.05) is 50.9 Å². The van der Waals surface area contributed by atoms with Gasteiger partial charge in [0, 0.05) is 44.2 Å². The molecule has 2 heterocycles. The van der Waals surface area contributed by atoms with E-state index in [1.807, 2.05) is 25.9 Å². The van der Waals surface area contributed by atoms with E-state index in [9.17, 15) is 18.4 Å². The van der Waals surface area contributed by atoms with E-state index in [1.54, 1.807) is 24.4 Å². The first kappa shape index (κ1) is 30.5. The van der Waals surface area contributed by atoms with Crippen LogP contribution in [-0.2, 0) is 9.59 Å². The van der Waals surface area contributed by atoms with Crippen molar-refractivity contribution in [2.45, 2.75) is 44.8 Å². The zero-order valence-electron chi connectivity index (χ0n) is 23.2. The SMILES string of the molecule is CCCNc1nc(Nc2cccc(F)c2)ncc1C#CCCCNC(=O)[C@@H]1C[C@@H](F)CN1C(=O)C=CCN(C)C. The van der Waals surface area contributed by atoms with Gasteiger partial charge in [-0.3, -0.25) is 9.59 Å². The number of alkyl halides is 1. The number of amides is 2. The average molecular weight is 554 g/mol. The first-order chi connectivity index (χ1) is 19.3. The van der Waals surface area contributed by atoms with Crippen molar-refractivity contribution in [1.82, 2.24) is 25.1 Å². The molecule has 0 spiro atoms. The Balaban J connectivity index is 1.52. The van der Waals surface area contributed by atoms with Crippen molar-refractivity contribution < 1.29 is 18.4 Å². The second-order valence-electron chi connectivity index (χ2n) is 9.72. The molecule has 0 saturated carbocycles. The molecule has 1 saturated heterocycles. The number of carbonyl (C=O) groups is 2. The van der Waals surface area contributed by atoms with E-state index >= 15 is 0 Å². The molecule has 1 aliphatic rings. The molecular formula is C29H37F2N7O2. The van der Waals surface area contributed by atoms with Crippen molar-refractivity contribution in [3.05, 3.63) is 54.0 Å². The number of anilines is 3. The molecule has 0 unspecified atom stereocenters. The van der Waals surface area contributed by atoms with E-state index in [-0.39, 0.29) is 30.6 Å². The topological polar surface area (TPSA) is 102 Å². The molecule has 0 bridgehead atoms. The van der Waals surface area contributed by atoms with E-state index in [0.717, 1.165) is 6.42 Å². The molecule has 1 aromatic carbocycles. The maximum atomic E-state index is 14.0. The molecule has 2 aromatic rings. The molecule has 214 valence electrons. The third-order valence-corrected chi connectivity index (χ3v) is 5.98. The number of hydrogen-bond donors (Lipinski definition) is 3. The standard InChI is InChI=1S/C29H37F2N7O2/c1-4-14-32-27-21(19-34-29(36-27)35-24-12-8-11-22(30)17-24)10-6-5-7-15-33-28(40)25-18-23(31)20-38(25)26(39)13-9-16-37(2)3/h8-9,11-13,17,19,23,25H,4-5,7,14-16,18,20H2,1-3H3,(H,33,40)(H2,32,34,35,36)/t23-,25+/m1/s1. The molecule has 0 radical (unpaired) electrons. The van der Waals surface area contributed by atoms with Crippen LogP contribution in [0.5, 0.6) is 0 Å². The Morgan fingerprint density at radius 1 is 1.27 bits per heavy atom. The molecule has 0 aliphatic carbocycles. The Kier molecular flexibility index (Phi) is 11.8. The van der Waals surface area contributed by atoms with Gasteiger partial charge in [0.1, 0.15) is 23.8 Å². The molecule has 1 fully saturated rings. The summed E-state index contributed by atoms with van der Waals surface area (Å²) in [5.74, 6) is 5.96. The van der Waals surface area contributed by atoms with E-state index in [4.69, 9.17) is 0 Å². The number of halogens is 2. The number of hydrogen-bond acceptors (Lipinski definition) is 7. The summed E-state index contributed by atoms with van der Waals surface area (Å²) in [4.78, 5) is 37.1. The van der Waals surface area contributed by atoms with E-state index in [1.165, 1.54) is 23.1 Å². The Morgan fingerprint density at radius 2 is 2.10 bits per heavy atom. The third kappa shape index (κ3) is 9.61. The summed E-state index contributed by atoms with van der Waals surface area (Å²) in [6.45, 7) is 3.59. The Labute approximate surface area is 234 Å². The lowest BCUT2D eigenvalue weighted by atomic mass is 10.2. The summed E-state index contributed by atoms with van der Waals surface area (Å²) < 4.78 is 27.5. The van der Waals surface area contributed by atoms with Gasteiger partial charge in [0.15, 0.2) is 0 Å². The van der Waals surface area contributed by atoms with Gasteiger partial charge in [0.25, 0.3) is 0 Å². The summed E-state index contributed by atoms with van der Waals surface area (Å²) in [6.07, 6.45) is 5.45. The highest BCUT2D eigenvalue weighted by atomic mass is 19.1. The summed E-state index contributed by atoms with van der Waals surface area (Å²) in [6, 6.07) is 5.22. The number of carbonyl (C=O) groups excluding carboxylic acids is 2. The van der Waals surface area contributed by atoms with Crippen molar-refractivity contribution >= 4 is 29.3 Å². The largest absolute Gasteiger partial charge is 0.369 e. The van der Waals surface area contributed by atoms with Crippen LogP contribution in [0.1, 0.15) is 38.2 Å². The van der Waals surface area contributed by atoms with Crippen LogP contribution in [0, 0.1) is 17.7 Å². The fourth-order valence-corrected chi connectivity index (χ4v) is 4.01. The summed E-state index contributed by atoms with van der Waals surface area (Å²) in [5.41, 5.74) is 1.16. The van der Waals surface area contributed by atoms with Gasteiger partial charge in [0.2, 0.25) is 17.8 Å². The van der Waals surface area contributed by atoms with Gasteiger partial charge < -0.3 is 25.8 Å². The van der Waals surface area contributed by atoms with Gasteiger partial charge in [-0.25, -0.2) is 13.8 Å². The quantitative estimate of drug-likeness (QED) is 0.210. The number of nitrogens with one attached hydrogen (secondary N) is 3. The fourth-order valence-electron chi connectivity index (χ4n) is 4.01. The molecule has 1 aliphatic heterocycles. The molecule has 1 aromatic heterocycles. The summed E-state index contributed by atoms with van der Waals surface area (Å²) >= 11 is 0. The smallest absolute Gasteiger partial charge is 0.247 e. The van der Waals surface area contributed by atoms with Crippen LogP contribution in [0.2, 0.25) is 0 Å². The molecule has 2 atom stereocenters. The second kappa shape index (κ2) is 15.5. The number of benzene rings is 1. The van der Waals surface area contributed by atoms with Crippen LogP contribution >= 0.6 is 0 Å². The highest BCUT2D eigenvalue weighted by molar-refractivity contribution is 5.93. The first-order valence-electron chi connectivity index (χ1n) is 13.4. The maximum Gasteiger partial charge on any atom is 0.247 e. The molecule has 3 rings (SSSR count). The average Bonchev–Trinajstić information content (AvgIpc) is 3.31.